The molecule has 0 saturated heterocycles. The minimum atomic E-state index is 0.358. The van der Waals surface area contributed by atoms with Crippen LogP contribution in [-0.4, -0.2) is 18.2 Å². The van der Waals surface area contributed by atoms with Gasteiger partial charge in [-0.3, -0.25) is 0 Å². The van der Waals surface area contributed by atoms with Crippen LogP contribution in [0.3, 0.4) is 0 Å². The molecule has 1 aromatic rings. The molecule has 0 atom stereocenters. The first-order valence-corrected chi connectivity index (χ1v) is 14.3. The molecule has 0 spiro atoms. The second-order valence-corrected chi connectivity index (χ2v) is 9.88. The Bertz CT molecular complexity index is 484. The van der Waals surface area contributed by atoms with Gasteiger partial charge >= 0.3 is 0 Å². The summed E-state index contributed by atoms with van der Waals surface area (Å²) in [6, 6.07) is 7.60. The van der Waals surface area contributed by atoms with Crippen LogP contribution in [0.4, 0.5) is 0 Å². The SMILES string of the molecule is CCCCCCCCCCCCCCCCCCCCCNCCCc1ccc(O)cc1. The van der Waals surface area contributed by atoms with Crippen molar-refractivity contribution >= 4 is 0 Å². The number of hydrogen-bond acceptors (Lipinski definition) is 2. The predicted molar refractivity (Wildman–Crippen MR) is 143 cm³/mol. The van der Waals surface area contributed by atoms with E-state index >= 15 is 0 Å². The zero-order valence-electron chi connectivity index (χ0n) is 21.5. The first-order chi connectivity index (χ1) is 15.8. The van der Waals surface area contributed by atoms with Crippen LogP contribution in [0, 0.1) is 0 Å². The maximum absolute atomic E-state index is 9.30. The standard InChI is InChI=1S/C30H55NO/c1-2-3-4-5-6-7-8-9-10-11-12-13-14-15-16-17-18-19-20-27-31-28-21-22-29-23-25-30(32)26-24-29/h23-26,31-32H,2-22,27-28H2,1H3. The predicted octanol–water partition coefficient (Wildman–Crippen LogP) is 9.35. The van der Waals surface area contributed by atoms with Crippen LogP contribution < -0.4 is 5.32 Å². The number of phenols is 1. The van der Waals surface area contributed by atoms with Crippen LogP contribution >= 0.6 is 0 Å². The molecule has 0 fully saturated rings. The Morgan fingerprint density at radius 2 is 0.875 bits per heavy atom. The van der Waals surface area contributed by atoms with Gasteiger partial charge in [0, 0.05) is 0 Å². The van der Waals surface area contributed by atoms with Crippen molar-refractivity contribution in [2.24, 2.45) is 0 Å². The molecule has 0 unspecified atom stereocenters. The molecule has 2 heteroatoms. The van der Waals surface area contributed by atoms with Gasteiger partial charge in [0.25, 0.3) is 0 Å². The quantitative estimate of drug-likeness (QED) is 0.155. The molecule has 0 aromatic heterocycles. The van der Waals surface area contributed by atoms with Gasteiger partial charge in [0.05, 0.1) is 0 Å². The molecule has 2 nitrogen and oxygen atoms in total. The molecule has 32 heavy (non-hydrogen) atoms. The first-order valence-electron chi connectivity index (χ1n) is 14.3. The summed E-state index contributed by atoms with van der Waals surface area (Å²) in [6.07, 6.45) is 29.6. The smallest absolute Gasteiger partial charge is 0.115 e. The van der Waals surface area contributed by atoms with E-state index in [4.69, 9.17) is 0 Å². The fraction of sp³-hybridized carbons (Fsp3) is 0.800. The van der Waals surface area contributed by atoms with Gasteiger partial charge in [-0.05, 0) is 50.0 Å². The summed E-state index contributed by atoms with van der Waals surface area (Å²) in [5.74, 6) is 0.358. The van der Waals surface area contributed by atoms with Gasteiger partial charge in [-0.25, -0.2) is 0 Å². The van der Waals surface area contributed by atoms with E-state index in [1.165, 1.54) is 134 Å². The molecule has 0 amide bonds. The van der Waals surface area contributed by atoms with Crippen molar-refractivity contribution in [2.45, 2.75) is 142 Å². The molecule has 2 N–H and O–H groups in total. The van der Waals surface area contributed by atoms with Gasteiger partial charge < -0.3 is 10.4 Å². The van der Waals surface area contributed by atoms with E-state index < -0.39 is 0 Å². The maximum Gasteiger partial charge on any atom is 0.115 e. The lowest BCUT2D eigenvalue weighted by atomic mass is 10.0. The summed E-state index contributed by atoms with van der Waals surface area (Å²) >= 11 is 0. The molecule has 0 aliphatic heterocycles. The monoisotopic (exact) mass is 445 g/mol. The highest BCUT2D eigenvalue weighted by Gasteiger charge is 1.96. The van der Waals surface area contributed by atoms with E-state index in [1.54, 1.807) is 12.1 Å². The highest BCUT2D eigenvalue weighted by molar-refractivity contribution is 5.25. The minimum absolute atomic E-state index is 0.358. The van der Waals surface area contributed by atoms with Crippen molar-refractivity contribution in [1.82, 2.24) is 5.32 Å². The number of aryl methyl sites for hydroxylation is 1. The number of nitrogens with one attached hydrogen (secondary N) is 1. The molecular formula is C30H55NO. The van der Waals surface area contributed by atoms with Crippen molar-refractivity contribution in [3.63, 3.8) is 0 Å². The van der Waals surface area contributed by atoms with Gasteiger partial charge in [-0.15, -0.1) is 0 Å². The van der Waals surface area contributed by atoms with Gasteiger partial charge in [0.15, 0.2) is 0 Å². The normalized spacial score (nSPS) is 11.3. The van der Waals surface area contributed by atoms with Crippen LogP contribution in [0.5, 0.6) is 5.75 Å². The molecule has 186 valence electrons. The lowest BCUT2D eigenvalue weighted by Gasteiger charge is -2.06. The highest BCUT2D eigenvalue weighted by Crippen LogP contribution is 2.14. The number of phenolic OH excluding ortho intramolecular Hbond substituents is 1. The van der Waals surface area contributed by atoms with Crippen LogP contribution in [0.15, 0.2) is 24.3 Å². The third kappa shape index (κ3) is 19.6. The van der Waals surface area contributed by atoms with Crippen LogP contribution in [0.25, 0.3) is 0 Å². The van der Waals surface area contributed by atoms with Crippen molar-refractivity contribution < 1.29 is 5.11 Å². The van der Waals surface area contributed by atoms with Crippen molar-refractivity contribution in [1.29, 1.82) is 0 Å². The Balaban J connectivity index is 1.67. The van der Waals surface area contributed by atoms with Gasteiger partial charge in [-0.1, -0.05) is 135 Å². The Hall–Kier alpha value is -1.02. The topological polar surface area (TPSA) is 32.3 Å². The highest BCUT2D eigenvalue weighted by atomic mass is 16.3. The number of aromatic hydroxyl groups is 1. The van der Waals surface area contributed by atoms with Crippen molar-refractivity contribution in [3.05, 3.63) is 29.8 Å². The van der Waals surface area contributed by atoms with E-state index in [9.17, 15) is 5.11 Å². The number of benzene rings is 1. The fourth-order valence-corrected chi connectivity index (χ4v) is 4.53. The van der Waals surface area contributed by atoms with Crippen molar-refractivity contribution in [2.75, 3.05) is 13.1 Å². The fourth-order valence-electron chi connectivity index (χ4n) is 4.53. The zero-order valence-corrected chi connectivity index (χ0v) is 21.5. The molecule has 0 aliphatic rings. The summed E-state index contributed by atoms with van der Waals surface area (Å²) in [5.41, 5.74) is 1.31. The summed E-state index contributed by atoms with van der Waals surface area (Å²) in [5, 5.41) is 12.9. The molecule has 1 rings (SSSR count). The first kappa shape index (κ1) is 29.0. The Morgan fingerprint density at radius 1 is 0.500 bits per heavy atom. The number of rotatable bonds is 24. The minimum Gasteiger partial charge on any atom is -0.508 e. The molecule has 0 heterocycles. The van der Waals surface area contributed by atoms with Crippen LogP contribution in [-0.2, 0) is 6.42 Å². The maximum atomic E-state index is 9.30. The lowest BCUT2D eigenvalue weighted by molar-refractivity contribution is 0.475. The summed E-state index contributed by atoms with van der Waals surface area (Å²) in [4.78, 5) is 0. The average Bonchev–Trinajstić information content (AvgIpc) is 2.81. The third-order valence-electron chi connectivity index (χ3n) is 6.71. The van der Waals surface area contributed by atoms with Crippen LogP contribution in [0.1, 0.15) is 141 Å². The van der Waals surface area contributed by atoms with E-state index in [0.29, 0.717) is 5.75 Å². The molecule has 0 aliphatic carbocycles. The number of unbranched alkanes of at least 4 members (excludes halogenated alkanes) is 18. The zero-order chi connectivity index (χ0) is 23.0. The van der Waals surface area contributed by atoms with Gasteiger partial charge in [-0.2, -0.15) is 0 Å². The largest absolute Gasteiger partial charge is 0.508 e. The van der Waals surface area contributed by atoms with E-state index in [2.05, 4.69) is 12.2 Å². The average molecular weight is 446 g/mol. The summed E-state index contributed by atoms with van der Waals surface area (Å²) in [7, 11) is 0. The van der Waals surface area contributed by atoms with E-state index in [0.717, 1.165) is 19.5 Å². The van der Waals surface area contributed by atoms with E-state index in [1.807, 2.05) is 12.1 Å². The summed E-state index contributed by atoms with van der Waals surface area (Å²) < 4.78 is 0. The molecule has 1 aromatic carbocycles. The Morgan fingerprint density at radius 3 is 1.31 bits per heavy atom. The number of hydrogen-bond donors (Lipinski definition) is 2. The van der Waals surface area contributed by atoms with Crippen molar-refractivity contribution in [3.8, 4) is 5.75 Å². The molecule has 0 bridgehead atoms. The van der Waals surface area contributed by atoms with Gasteiger partial charge in [0.1, 0.15) is 5.75 Å². The second-order valence-electron chi connectivity index (χ2n) is 9.88. The summed E-state index contributed by atoms with van der Waals surface area (Å²) in [6.45, 7) is 4.56. The Labute approximate surface area is 201 Å². The molecule has 0 saturated carbocycles. The lowest BCUT2D eigenvalue weighted by Crippen LogP contribution is -2.17. The van der Waals surface area contributed by atoms with Gasteiger partial charge in [0.2, 0.25) is 0 Å². The molecular weight excluding hydrogens is 390 g/mol. The third-order valence-corrected chi connectivity index (χ3v) is 6.71. The van der Waals surface area contributed by atoms with E-state index in [-0.39, 0.29) is 0 Å². The van der Waals surface area contributed by atoms with Crippen LogP contribution in [0.2, 0.25) is 0 Å². The molecule has 0 radical (unpaired) electrons. The Kier molecular flexibility index (Phi) is 21.0. The second kappa shape index (κ2) is 23.1.